The summed E-state index contributed by atoms with van der Waals surface area (Å²) in [5, 5.41) is 2.82. The van der Waals surface area contributed by atoms with E-state index in [1.165, 1.54) is 16.4 Å². The van der Waals surface area contributed by atoms with E-state index in [2.05, 4.69) is 5.32 Å². The molecule has 0 bridgehead atoms. The van der Waals surface area contributed by atoms with Crippen LogP contribution in [-0.2, 0) is 16.6 Å². The summed E-state index contributed by atoms with van der Waals surface area (Å²) in [5.41, 5.74) is 0.445. The van der Waals surface area contributed by atoms with Crippen LogP contribution in [0, 0.1) is 0 Å². The first-order valence-electron chi connectivity index (χ1n) is 7.98. The molecule has 0 aliphatic heterocycles. The Kier molecular flexibility index (Phi) is 6.16. The standard InChI is InChI=1S/C17H23N3O3S/c1-3-20(4-2)24(22,23)16-9-7-15(8-10-16)17(21)18-11-14-19-12-5-6-13-19/h5-10,12-13H,3-4,11,14H2,1-2H3,(H,18,21). The highest BCUT2D eigenvalue weighted by atomic mass is 32.2. The van der Waals surface area contributed by atoms with Crippen LogP contribution < -0.4 is 5.32 Å². The smallest absolute Gasteiger partial charge is 0.251 e. The number of rotatable bonds is 8. The summed E-state index contributed by atoms with van der Waals surface area (Å²) in [6.45, 7) is 5.63. The number of nitrogens with one attached hydrogen (secondary N) is 1. The van der Waals surface area contributed by atoms with E-state index in [4.69, 9.17) is 0 Å². The highest BCUT2D eigenvalue weighted by Gasteiger charge is 2.21. The van der Waals surface area contributed by atoms with Crippen LogP contribution in [-0.4, -0.2) is 42.8 Å². The van der Waals surface area contributed by atoms with Gasteiger partial charge in [0.2, 0.25) is 10.0 Å². The van der Waals surface area contributed by atoms with Gasteiger partial charge in [-0.25, -0.2) is 8.42 Å². The Morgan fingerprint density at radius 1 is 1.08 bits per heavy atom. The van der Waals surface area contributed by atoms with E-state index in [-0.39, 0.29) is 10.8 Å². The molecule has 2 aromatic rings. The second kappa shape index (κ2) is 8.12. The zero-order chi connectivity index (χ0) is 17.6. The van der Waals surface area contributed by atoms with Gasteiger partial charge in [-0.15, -0.1) is 0 Å². The third-order valence-electron chi connectivity index (χ3n) is 3.78. The quantitative estimate of drug-likeness (QED) is 0.792. The molecular formula is C17H23N3O3S. The fourth-order valence-electron chi connectivity index (χ4n) is 2.41. The maximum Gasteiger partial charge on any atom is 0.251 e. The van der Waals surface area contributed by atoms with Gasteiger partial charge in [0.05, 0.1) is 4.90 Å². The molecule has 0 fully saturated rings. The largest absolute Gasteiger partial charge is 0.353 e. The van der Waals surface area contributed by atoms with Crippen LogP contribution in [0.2, 0.25) is 0 Å². The second-order valence-corrected chi connectivity index (χ2v) is 7.23. The van der Waals surface area contributed by atoms with Gasteiger partial charge in [-0.05, 0) is 36.4 Å². The minimum atomic E-state index is -3.49. The molecule has 130 valence electrons. The van der Waals surface area contributed by atoms with E-state index in [9.17, 15) is 13.2 Å². The van der Waals surface area contributed by atoms with Crippen LogP contribution in [0.25, 0.3) is 0 Å². The summed E-state index contributed by atoms with van der Waals surface area (Å²) in [7, 11) is -3.49. The van der Waals surface area contributed by atoms with Gasteiger partial charge in [0, 0.05) is 44.1 Å². The first-order chi connectivity index (χ1) is 11.5. The second-order valence-electron chi connectivity index (χ2n) is 5.29. The lowest BCUT2D eigenvalue weighted by atomic mass is 10.2. The van der Waals surface area contributed by atoms with Crippen LogP contribution in [0.4, 0.5) is 0 Å². The highest BCUT2D eigenvalue weighted by molar-refractivity contribution is 7.89. The maximum atomic E-state index is 12.4. The summed E-state index contributed by atoms with van der Waals surface area (Å²) in [6, 6.07) is 9.90. The number of carbonyl (C=O) groups excluding carboxylic acids is 1. The van der Waals surface area contributed by atoms with Gasteiger partial charge in [-0.1, -0.05) is 13.8 Å². The van der Waals surface area contributed by atoms with Crippen molar-refractivity contribution in [1.29, 1.82) is 0 Å². The fourth-order valence-corrected chi connectivity index (χ4v) is 3.87. The lowest BCUT2D eigenvalue weighted by Gasteiger charge is -2.18. The lowest BCUT2D eigenvalue weighted by molar-refractivity contribution is 0.0952. The van der Waals surface area contributed by atoms with E-state index in [0.29, 0.717) is 31.7 Å². The van der Waals surface area contributed by atoms with Crippen molar-refractivity contribution in [3.8, 4) is 0 Å². The van der Waals surface area contributed by atoms with E-state index in [0.717, 1.165) is 0 Å². The normalized spacial score (nSPS) is 11.6. The molecule has 6 nitrogen and oxygen atoms in total. The number of sulfonamides is 1. The molecule has 0 radical (unpaired) electrons. The minimum absolute atomic E-state index is 0.204. The number of nitrogens with zero attached hydrogens (tertiary/aromatic N) is 2. The molecule has 0 atom stereocenters. The minimum Gasteiger partial charge on any atom is -0.353 e. The van der Waals surface area contributed by atoms with Crippen molar-refractivity contribution < 1.29 is 13.2 Å². The predicted molar refractivity (Wildman–Crippen MR) is 93.3 cm³/mol. The van der Waals surface area contributed by atoms with Crippen LogP contribution in [0.15, 0.2) is 53.7 Å². The van der Waals surface area contributed by atoms with Crippen molar-refractivity contribution in [3.05, 3.63) is 54.4 Å². The Bertz CT molecular complexity index is 749. The molecule has 0 aliphatic carbocycles. The van der Waals surface area contributed by atoms with Crippen molar-refractivity contribution in [1.82, 2.24) is 14.2 Å². The zero-order valence-corrected chi connectivity index (χ0v) is 14.8. The monoisotopic (exact) mass is 349 g/mol. The summed E-state index contributed by atoms with van der Waals surface area (Å²) in [6.07, 6.45) is 3.86. The summed E-state index contributed by atoms with van der Waals surface area (Å²) < 4.78 is 28.2. The summed E-state index contributed by atoms with van der Waals surface area (Å²) >= 11 is 0. The van der Waals surface area contributed by atoms with Gasteiger partial charge in [0.15, 0.2) is 0 Å². The molecule has 2 rings (SSSR count). The third-order valence-corrected chi connectivity index (χ3v) is 5.85. The first kappa shape index (κ1) is 18.2. The number of benzene rings is 1. The van der Waals surface area contributed by atoms with Gasteiger partial charge < -0.3 is 9.88 Å². The summed E-state index contributed by atoms with van der Waals surface area (Å²) in [5.74, 6) is -0.214. The molecule has 1 N–H and O–H groups in total. The Morgan fingerprint density at radius 3 is 2.21 bits per heavy atom. The Hall–Kier alpha value is -2.12. The highest BCUT2D eigenvalue weighted by Crippen LogP contribution is 2.16. The Balaban J connectivity index is 1.99. The Morgan fingerprint density at radius 2 is 1.67 bits per heavy atom. The van der Waals surface area contributed by atoms with Crippen LogP contribution in [0.3, 0.4) is 0 Å². The number of hydrogen-bond acceptors (Lipinski definition) is 3. The van der Waals surface area contributed by atoms with Crippen LogP contribution >= 0.6 is 0 Å². The lowest BCUT2D eigenvalue weighted by Crippen LogP contribution is -2.30. The molecule has 1 heterocycles. The van der Waals surface area contributed by atoms with Crippen molar-refractivity contribution in [2.45, 2.75) is 25.3 Å². The fraction of sp³-hybridized carbons (Fsp3) is 0.353. The number of hydrogen-bond donors (Lipinski definition) is 1. The van der Waals surface area contributed by atoms with E-state index in [1.807, 2.05) is 29.1 Å². The van der Waals surface area contributed by atoms with Crippen LogP contribution in [0.5, 0.6) is 0 Å². The van der Waals surface area contributed by atoms with Gasteiger partial charge in [-0.2, -0.15) is 4.31 Å². The molecule has 1 aromatic carbocycles. The van der Waals surface area contributed by atoms with Crippen LogP contribution in [0.1, 0.15) is 24.2 Å². The van der Waals surface area contributed by atoms with Crippen molar-refractivity contribution >= 4 is 15.9 Å². The topological polar surface area (TPSA) is 71.4 Å². The van der Waals surface area contributed by atoms with Crippen molar-refractivity contribution in [3.63, 3.8) is 0 Å². The van der Waals surface area contributed by atoms with Crippen molar-refractivity contribution in [2.24, 2.45) is 0 Å². The zero-order valence-electron chi connectivity index (χ0n) is 14.0. The van der Waals surface area contributed by atoms with E-state index < -0.39 is 10.0 Å². The SMILES string of the molecule is CCN(CC)S(=O)(=O)c1ccc(C(=O)NCCn2cccc2)cc1. The van der Waals surface area contributed by atoms with Gasteiger partial charge in [0.1, 0.15) is 0 Å². The van der Waals surface area contributed by atoms with E-state index in [1.54, 1.807) is 26.0 Å². The molecule has 0 unspecified atom stereocenters. The van der Waals surface area contributed by atoms with Gasteiger partial charge in [0.25, 0.3) is 5.91 Å². The van der Waals surface area contributed by atoms with Crippen molar-refractivity contribution in [2.75, 3.05) is 19.6 Å². The molecule has 1 amide bonds. The molecule has 7 heteroatoms. The molecule has 24 heavy (non-hydrogen) atoms. The maximum absolute atomic E-state index is 12.4. The Labute approximate surface area is 143 Å². The molecule has 0 saturated heterocycles. The molecule has 0 aliphatic rings. The number of aromatic nitrogens is 1. The average molecular weight is 349 g/mol. The predicted octanol–water partition coefficient (Wildman–Crippen LogP) is 1.95. The molecule has 0 spiro atoms. The number of carbonyl (C=O) groups is 1. The van der Waals surface area contributed by atoms with Gasteiger partial charge >= 0.3 is 0 Å². The molecular weight excluding hydrogens is 326 g/mol. The first-order valence-corrected chi connectivity index (χ1v) is 9.42. The molecule has 1 aromatic heterocycles. The van der Waals surface area contributed by atoms with E-state index >= 15 is 0 Å². The number of amides is 1. The third kappa shape index (κ3) is 4.24. The average Bonchev–Trinajstić information content (AvgIpc) is 3.09. The summed E-state index contributed by atoms with van der Waals surface area (Å²) in [4.78, 5) is 12.3. The van der Waals surface area contributed by atoms with Gasteiger partial charge in [-0.3, -0.25) is 4.79 Å². The molecule has 0 saturated carbocycles.